The number of rotatable bonds is 5. The molecule has 0 saturated carbocycles. The molecule has 6 nitrogen and oxygen atoms in total. The molecule has 1 aromatic rings. The van der Waals surface area contributed by atoms with E-state index < -0.39 is 5.24 Å². The molecule has 1 aliphatic rings. The average Bonchev–Trinajstić information content (AvgIpc) is 2.89. The smallest absolute Gasteiger partial charge is 0.270 e. The quantitative estimate of drug-likeness (QED) is 0.604. The van der Waals surface area contributed by atoms with Crippen molar-refractivity contribution >= 4 is 22.8 Å². The van der Waals surface area contributed by atoms with Crippen LogP contribution in [0.4, 0.5) is 0 Å². The van der Waals surface area contributed by atoms with Crippen LogP contribution in [0.5, 0.6) is 0 Å². The van der Waals surface area contributed by atoms with E-state index >= 15 is 0 Å². The van der Waals surface area contributed by atoms with Gasteiger partial charge in [0.25, 0.3) is 5.24 Å². The summed E-state index contributed by atoms with van der Waals surface area (Å²) in [7, 11) is 2.00. The summed E-state index contributed by atoms with van der Waals surface area (Å²) in [5, 5.41) is -0.518. The second kappa shape index (κ2) is 6.87. The summed E-state index contributed by atoms with van der Waals surface area (Å²) in [5.74, 6) is 0.658. The van der Waals surface area contributed by atoms with Crippen LogP contribution in [0.1, 0.15) is 23.2 Å². The SMILES string of the molecule is CCN(C)C/C=C/C(=O)N1CCn2c(C(=O)Cl)cnc2C1. The van der Waals surface area contributed by atoms with E-state index in [0.717, 1.165) is 13.1 Å². The molecule has 2 rings (SSSR count). The van der Waals surface area contributed by atoms with Gasteiger partial charge in [-0.15, -0.1) is 0 Å². The van der Waals surface area contributed by atoms with Crippen LogP contribution in [0.25, 0.3) is 0 Å². The van der Waals surface area contributed by atoms with Crippen molar-refractivity contribution in [3.05, 3.63) is 29.9 Å². The zero-order valence-corrected chi connectivity index (χ0v) is 13.0. The van der Waals surface area contributed by atoms with Crippen LogP contribution in [0.15, 0.2) is 18.3 Å². The van der Waals surface area contributed by atoms with Crippen LogP contribution < -0.4 is 0 Å². The van der Waals surface area contributed by atoms with Gasteiger partial charge in [-0.2, -0.15) is 0 Å². The second-order valence-corrected chi connectivity index (χ2v) is 5.35. The number of hydrogen-bond donors (Lipinski definition) is 0. The summed E-state index contributed by atoms with van der Waals surface area (Å²) in [6.45, 7) is 5.24. The Morgan fingerprint density at radius 1 is 1.48 bits per heavy atom. The molecule has 0 spiro atoms. The molecule has 1 aromatic heterocycles. The lowest BCUT2D eigenvalue weighted by atomic mass is 10.3. The van der Waals surface area contributed by atoms with Crippen molar-refractivity contribution in [2.45, 2.75) is 20.0 Å². The van der Waals surface area contributed by atoms with Crippen molar-refractivity contribution in [2.24, 2.45) is 0 Å². The molecule has 1 aliphatic heterocycles. The number of carbonyl (C=O) groups excluding carboxylic acids is 2. The van der Waals surface area contributed by atoms with Crippen LogP contribution in [0.3, 0.4) is 0 Å². The van der Waals surface area contributed by atoms with Gasteiger partial charge in [-0.25, -0.2) is 4.98 Å². The van der Waals surface area contributed by atoms with Gasteiger partial charge in [-0.1, -0.05) is 13.0 Å². The third-order valence-corrected chi connectivity index (χ3v) is 3.79. The van der Waals surface area contributed by atoms with Crippen molar-refractivity contribution in [2.75, 3.05) is 26.7 Å². The first-order valence-corrected chi connectivity index (χ1v) is 7.29. The molecular weight excluding hydrogens is 292 g/mol. The average molecular weight is 311 g/mol. The van der Waals surface area contributed by atoms with Crippen molar-refractivity contribution in [1.82, 2.24) is 19.4 Å². The van der Waals surface area contributed by atoms with Crippen molar-refractivity contribution in [3.63, 3.8) is 0 Å². The van der Waals surface area contributed by atoms with E-state index in [9.17, 15) is 9.59 Å². The molecule has 0 aromatic carbocycles. The number of likely N-dealkylation sites (N-methyl/N-ethyl adjacent to an activating group) is 1. The fraction of sp³-hybridized carbons (Fsp3) is 0.500. The maximum Gasteiger partial charge on any atom is 0.270 e. The molecule has 0 saturated heterocycles. The lowest BCUT2D eigenvalue weighted by molar-refractivity contribution is -0.127. The predicted octanol–water partition coefficient (Wildman–Crippen LogP) is 1.11. The van der Waals surface area contributed by atoms with E-state index in [4.69, 9.17) is 11.6 Å². The summed E-state index contributed by atoms with van der Waals surface area (Å²) >= 11 is 5.50. The summed E-state index contributed by atoms with van der Waals surface area (Å²) < 4.78 is 1.77. The minimum Gasteiger partial charge on any atom is -0.330 e. The van der Waals surface area contributed by atoms with Crippen molar-refractivity contribution in [1.29, 1.82) is 0 Å². The Kier molecular flexibility index (Phi) is 5.14. The Hall–Kier alpha value is -1.66. The first-order chi connectivity index (χ1) is 10.0. The van der Waals surface area contributed by atoms with Gasteiger partial charge in [0, 0.05) is 25.7 Å². The van der Waals surface area contributed by atoms with Crippen LogP contribution in [0.2, 0.25) is 0 Å². The zero-order valence-electron chi connectivity index (χ0n) is 12.3. The number of amides is 1. The standard InChI is InChI=1S/C14H19ClN4O2/c1-3-17(2)6-4-5-13(20)18-7-8-19-11(14(15)21)9-16-12(19)10-18/h4-5,9H,3,6-8,10H2,1-2H3/b5-4+. The highest BCUT2D eigenvalue weighted by molar-refractivity contribution is 6.67. The normalized spacial score (nSPS) is 14.8. The maximum absolute atomic E-state index is 12.1. The van der Waals surface area contributed by atoms with Crippen LogP contribution >= 0.6 is 11.6 Å². The highest BCUT2D eigenvalue weighted by atomic mass is 35.5. The minimum absolute atomic E-state index is 0.0347. The molecule has 0 radical (unpaired) electrons. The molecular formula is C14H19ClN4O2. The van der Waals surface area contributed by atoms with Gasteiger partial charge in [-0.05, 0) is 25.2 Å². The lowest BCUT2D eigenvalue weighted by Crippen LogP contribution is -2.38. The van der Waals surface area contributed by atoms with Gasteiger partial charge in [0.15, 0.2) is 0 Å². The highest BCUT2D eigenvalue weighted by Crippen LogP contribution is 2.16. The van der Waals surface area contributed by atoms with E-state index in [1.807, 2.05) is 13.1 Å². The third kappa shape index (κ3) is 3.71. The Bertz CT molecular complexity index is 567. The molecule has 0 N–H and O–H groups in total. The topological polar surface area (TPSA) is 58.4 Å². The van der Waals surface area contributed by atoms with Crippen molar-refractivity contribution in [3.8, 4) is 0 Å². The second-order valence-electron chi connectivity index (χ2n) is 5.00. The number of nitrogens with zero attached hydrogens (tertiary/aromatic N) is 4. The molecule has 114 valence electrons. The van der Waals surface area contributed by atoms with Crippen LogP contribution in [0, 0.1) is 0 Å². The summed E-state index contributed by atoms with van der Waals surface area (Å²) in [6.07, 6.45) is 4.92. The monoisotopic (exact) mass is 310 g/mol. The highest BCUT2D eigenvalue weighted by Gasteiger charge is 2.23. The number of aromatic nitrogens is 2. The summed E-state index contributed by atoms with van der Waals surface area (Å²) in [4.78, 5) is 31.3. The Morgan fingerprint density at radius 3 is 2.90 bits per heavy atom. The molecule has 21 heavy (non-hydrogen) atoms. The lowest BCUT2D eigenvalue weighted by Gasteiger charge is -2.27. The molecule has 0 atom stereocenters. The Balaban J connectivity index is 1.98. The van der Waals surface area contributed by atoms with Gasteiger partial charge in [-0.3, -0.25) is 9.59 Å². The van der Waals surface area contributed by atoms with Gasteiger partial charge in [0.1, 0.15) is 11.5 Å². The Labute approximate surface area is 129 Å². The number of halogens is 1. The number of hydrogen-bond acceptors (Lipinski definition) is 4. The molecule has 1 amide bonds. The fourth-order valence-corrected chi connectivity index (χ4v) is 2.32. The van der Waals surface area contributed by atoms with E-state index in [-0.39, 0.29) is 5.91 Å². The van der Waals surface area contributed by atoms with E-state index in [1.54, 1.807) is 15.5 Å². The molecule has 0 bridgehead atoms. The number of imidazole rings is 1. The van der Waals surface area contributed by atoms with Gasteiger partial charge in [0.2, 0.25) is 5.91 Å². The molecule has 0 fully saturated rings. The number of carbonyl (C=O) groups is 2. The van der Waals surface area contributed by atoms with Crippen molar-refractivity contribution < 1.29 is 9.59 Å². The van der Waals surface area contributed by atoms with E-state index in [0.29, 0.717) is 31.2 Å². The fourth-order valence-electron chi connectivity index (χ4n) is 2.17. The van der Waals surface area contributed by atoms with Crippen LogP contribution in [-0.4, -0.2) is 57.2 Å². The first-order valence-electron chi connectivity index (χ1n) is 6.91. The number of fused-ring (bicyclic) bond motifs is 1. The first kappa shape index (κ1) is 15.7. The minimum atomic E-state index is -0.518. The van der Waals surface area contributed by atoms with Gasteiger partial charge < -0.3 is 14.4 Å². The van der Waals surface area contributed by atoms with E-state index in [1.165, 1.54) is 6.20 Å². The van der Waals surface area contributed by atoms with Gasteiger partial charge >= 0.3 is 0 Å². The summed E-state index contributed by atoms with van der Waals surface area (Å²) in [6, 6.07) is 0. The maximum atomic E-state index is 12.1. The Morgan fingerprint density at radius 2 is 2.24 bits per heavy atom. The largest absolute Gasteiger partial charge is 0.330 e. The van der Waals surface area contributed by atoms with Gasteiger partial charge in [0.05, 0.1) is 12.7 Å². The molecule has 2 heterocycles. The molecule has 7 heteroatoms. The predicted molar refractivity (Wildman–Crippen MR) is 80.1 cm³/mol. The van der Waals surface area contributed by atoms with E-state index in [2.05, 4.69) is 16.8 Å². The zero-order chi connectivity index (χ0) is 15.4. The molecule has 0 unspecified atom stereocenters. The molecule has 0 aliphatic carbocycles. The summed E-state index contributed by atoms with van der Waals surface area (Å²) in [5.41, 5.74) is 0.388. The van der Waals surface area contributed by atoms with Crippen LogP contribution in [-0.2, 0) is 17.9 Å². The third-order valence-electron chi connectivity index (χ3n) is 3.59.